The lowest BCUT2D eigenvalue weighted by molar-refractivity contribution is -0.146. The van der Waals surface area contributed by atoms with Gasteiger partial charge in [-0.25, -0.2) is 9.78 Å². The van der Waals surface area contributed by atoms with Gasteiger partial charge in [-0.2, -0.15) is 13.2 Å². The molecule has 140 valence electrons. The number of ether oxygens (including phenoxy) is 2. The van der Waals surface area contributed by atoms with Gasteiger partial charge in [-0.1, -0.05) is 0 Å². The molecule has 0 unspecified atom stereocenters. The second-order valence-corrected chi connectivity index (χ2v) is 5.50. The number of halogens is 3. The van der Waals surface area contributed by atoms with Crippen molar-refractivity contribution in [1.82, 2.24) is 9.55 Å². The van der Waals surface area contributed by atoms with Gasteiger partial charge in [0.15, 0.2) is 0 Å². The predicted molar refractivity (Wildman–Crippen MR) is 90.2 cm³/mol. The Labute approximate surface area is 150 Å². The number of hydrogen-bond donors (Lipinski definition) is 0. The smallest absolute Gasteiger partial charge is 0.450 e. The first-order chi connectivity index (χ1) is 12.8. The molecule has 0 saturated carbocycles. The van der Waals surface area contributed by atoms with Crippen molar-refractivity contribution in [2.24, 2.45) is 0 Å². The van der Waals surface area contributed by atoms with Crippen molar-refractivity contribution in [1.29, 1.82) is 0 Å². The van der Waals surface area contributed by atoms with E-state index in [1.165, 1.54) is 56.7 Å². The number of aromatic nitrogens is 2. The van der Waals surface area contributed by atoms with Crippen LogP contribution in [0, 0.1) is 0 Å². The molecule has 0 bridgehead atoms. The Balaban J connectivity index is 2.29. The Bertz CT molecular complexity index is 1070. The summed E-state index contributed by atoms with van der Waals surface area (Å²) >= 11 is 0. The SMILES string of the molecule is COC(=O)c1ccc(-n2c(C(F)(F)F)nc3cc(OC)ccc3c2=O)cc1. The third-order valence-corrected chi connectivity index (χ3v) is 3.88. The monoisotopic (exact) mass is 378 g/mol. The Hall–Kier alpha value is -3.36. The van der Waals surface area contributed by atoms with E-state index in [4.69, 9.17) is 4.74 Å². The third-order valence-electron chi connectivity index (χ3n) is 3.88. The number of fused-ring (bicyclic) bond motifs is 1. The van der Waals surface area contributed by atoms with E-state index in [1.807, 2.05) is 0 Å². The van der Waals surface area contributed by atoms with E-state index in [1.54, 1.807) is 0 Å². The Morgan fingerprint density at radius 3 is 2.30 bits per heavy atom. The molecule has 0 N–H and O–H groups in total. The van der Waals surface area contributed by atoms with Crippen LogP contribution in [-0.2, 0) is 10.9 Å². The Morgan fingerprint density at radius 1 is 1.07 bits per heavy atom. The number of rotatable bonds is 3. The minimum Gasteiger partial charge on any atom is -0.497 e. The Kier molecular flexibility index (Phi) is 4.61. The summed E-state index contributed by atoms with van der Waals surface area (Å²) in [4.78, 5) is 27.9. The van der Waals surface area contributed by atoms with Crippen LogP contribution in [0.4, 0.5) is 13.2 Å². The zero-order valence-corrected chi connectivity index (χ0v) is 14.2. The van der Waals surface area contributed by atoms with E-state index in [0.717, 1.165) is 0 Å². The number of methoxy groups -OCH3 is 2. The Morgan fingerprint density at radius 2 is 1.74 bits per heavy atom. The number of carbonyl (C=O) groups is 1. The van der Waals surface area contributed by atoms with Gasteiger partial charge in [0.2, 0.25) is 5.82 Å². The van der Waals surface area contributed by atoms with E-state index < -0.39 is 23.5 Å². The maximum Gasteiger partial charge on any atom is 0.450 e. The molecule has 0 radical (unpaired) electrons. The summed E-state index contributed by atoms with van der Waals surface area (Å²) in [6.07, 6.45) is -4.88. The normalized spacial score (nSPS) is 11.4. The fraction of sp³-hybridized carbons (Fsp3) is 0.167. The molecule has 0 atom stereocenters. The van der Waals surface area contributed by atoms with Gasteiger partial charge in [-0.15, -0.1) is 0 Å². The lowest BCUT2D eigenvalue weighted by atomic mass is 10.2. The van der Waals surface area contributed by atoms with E-state index in [9.17, 15) is 22.8 Å². The predicted octanol–water partition coefficient (Wildman–Crippen LogP) is 3.20. The number of benzene rings is 2. The first kappa shape index (κ1) is 18.4. The number of hydrogen-bond acceptors (Lipinski definition) is 5. The number of nitrogens with zero attached hydrogens (tertiary/aromatic N) is 2. The van der Waals surface area contributed by atoms with Crippen LogP contribution >= 0.6 is 0 Å². The van der Waals surface area contributed by atoms with Crippen molar-refractivity contribution < 1.29 is 27.4 Å². The highest BCUT2D eigenvalue weighted by molar-refractivity contribution is 5.89. The molecule has 27 heavy (non-hydrogen) atoms. The second-order valence-electron chi connectivity index (χ2n) is 5.50. The molecular weight excluding hydrogens is 365 g/mol. The number of alkyl halides is 3. The molecule has 2 aromatic carbocycles. The fourth-order valence-corrected chi connectivity index (χ4v) is 2.59. The highest BCUT2D eigenvalue weighted by Crippen LogP contribution is 2.30. The lowest BCUT2D eigenvalue weighted by Gasteiger charge is -2.16. The molecule has 0 amide bonds. The molecule has 0 aliphatic rings. The standard InChI is InChI=1S/C18H13F3N2O4/c1-26-12-7-8-13-14(9-12)22-17(18(19,20)21)23(15(13)24)11-5-3-10(4-6-11)16(25)27-2/h3-9H,1-2H3. The molecule has 3 aromatic rings. The first-order valence-corrected chi connectivity index (χ1v) is 7.63. The van der Waals surface area contributed by atoms with Gasteiger partial charge in [-0.05, 0) is 36.4 Å². The van der Waals surface area contributed by atoms with Crippen molar-refractivity contribution in [3.63, 3.8) is 0 Å². The molecule has 1 aromatic heterocycles. The topological polar surface area (TPSA) is 70.4 Å². The molecule has 0 saturated heterocycles. The summed E-state index contributed by atoms with van der Waals surface area (Å²) in [7, 11) is 2.54. The highest BCUT2D eigenvalue weighted by atomic mass is 19.4. The maximum absolute atomic E-state index is 13.6. The van der Waals surface area contributed by atoms with Crippen LogP contribution in [0.2, 0.25) is 0 Å². The maximum atomic E-state index is 13.6. The molecule has 9 heteroatoms. The summed E-state index contributed by atoms with van der Waals surface area (Å²) < 4.78 is 50.7. The molecular formula is C18H13F3N2O4. The summed E-state index contributed by atoms with van der Waals surface area (Å²) in [5.74, 6) is -1.74. The van der Waals surface area contributed by atoms with Gasteiger partial charge in [0.05, 0.1) is 36.4 Å². The molecule has 1 heterocycles. The van der Waals surface area contributed by atoms with Gasteiger partial charge >= 0.3 is 12.1 Å². The van der Waals surface area contributed by atoms with Gasteiger partial charge < -0.3 is 9.47 Å². The van der Waals surface area contributed by atoms with Crippen LogP contribution in [0.1, 0.15) is 16.2 Å². The van der Waals surface area contributed by atoms with Crippen LogP contribution in [0.3, 0.4) is 0 Å². The molecule has 0 fully saturated rings. The fourth-order valence-electron chi connectivity index (χ4n) is 2.59. The van der Waals surface area contributed by atoms with Gasteiger partial charge in [0.25, 0.3) is 5.56 Å². The van der Waals surface area contributed by atoms with Crippen LogP contribution in [0.15, 0.2) is 47.3 Å². The van der Waals surface area contributed by atoms with Crippen molar-refractivity contribution in [3.8, 4) is 11.4 Å². The first-order valence-electron chi connectivity index (χ1n) is 7.63. The van der Waals surface area contributed by atoms with E-state index in [2.05, 4.69) is 9.72 Å². The van der Waals surface area contributed by atoms with Crippen molar-refractivity contribution in [2.75, 3.05) is 14.2 Å². The summed E-state index contributed by atoms with van der Waals surface area (Å²) in [5.41, 5.74) is -0.957. The largest absolute Gasteiger partial charge is 0.497 e. The zero-order chi connectivity index (χ0) is 19.8. The molecule has 0 aliphatic heterocycles. The molecule has 0 aliphatic carbocycles. The lowest BCUT2D eigenvalue weighted by Crippen LogP contribution is -2.28. The van der Waals surface area contributed by atoms with Crippen LogP contribution in [0.5, 0.6) is 5.75 Å². The van der Waals surface area contributed by atoms with Gasteiger partial charge in [-0.3, -0.25) is 9.36 Å². The molecule has 3 rings (SSSR count). The van der Waals surface area contributed by atoms with Crippen molar-refractivity contribution in [2.45, 2.75) is 6.18 Å². The minimum absolute atomic E-state index is 0.000782. The van der Waals surface area contributed by atoms with Crippen LogP contribution < -0.4 is 10.3 Å². The average Bonchev–Trinajstić information content (AvgIpc) is 2.66. The van der Waals surface area contributed by atoms with E-state index in [-0.39, 0.29) is 27.9 Å². The average molecular weight is 378 g/mol. The summed E-state index contributed by atoms with van der Waals surface area (Å²) in [5, 5.41) is 0.000782. The minimum atomic E-state index is -4.88. The quantitative estimate of drug-likeness (QED) is 0.655. The summed E-state index contributed by atoms with van der Waals surface area (Å²) in [6, 6.07) is 9.06. The van der Waals surface area contributed by atoms with Crippen molar-refractivity contribution in [3.05, 3.63) is 64.2 Å². The number of esters is 1. The van der Waals surface area contributed by atoms with Crippen LogP contribution in [0.25, 0.3) is 16.6 Å². The second kappa shape index (κ2) is 6.75. The third kappa shape index (κ3) is 3.35. The molecule has 0 spiro atoms. The van der Waals surface area contributed by atoms with Gasteiger partial charge in [0, 0.05) is 6.07 Å². The van der Waals surface area contributed by atoms with Crippen LogP contribution in [-0.4, -0.2) is 29.7 Å². The van der Waals surface area contributed by atoms with E-state index in [0.29, 0.717) is 4.57 Å². The highest BCUT2D eigenvalue weighted by Gasteiger charge is 2.38. The number of carbonyl (C=O) groups excluding carboxylic acids is 1. The molecule has 6 nitrogen and oxygen atoms in total. The van der Waals surface area contributed by atoms with E-state index >= 15 is 0 Å². The zero-order valence-electron chi connectivity index (χ0n) is 14.2. The van der Waals surface area contributed by atoms with Gasteiger partial charge in [0.1, 0.15) is 5.75 Å². The summed E-state index contributed by atoms with van der Waals surface area (Å²) in [6.45, 7) is 0. The van der Waals surface area contributed by atoms with Crippen molar-refractivity contribution >= 4 is 16.9 Å².